The maximum Gasteiger partial charge on any atom is 0.255 e. The molecule has 1 rings (SSSR count). The summed E-state index contributed by atoms with van der Waals surface area (Å²) in [5, 5.41) is -0.934. The van der Waals surface area contributed by atoms with Crippen molar-refractivity contribution < 1.29 is 9.18 Å². The SMILES string of the molecule is [NH]C(=O)C(S)c1ccc(F)c(Cl)c1. The Bertz CT molecular complexity index is 345. The Balaban J connectivity index is 3.03. The van der Waals surface area contributed by atoms with E-state index >= 15 is 0 Å². The summed E-state index contributed by atoms with van der Waals surface area (Å²) in [6.07, 6.45) is 0. The number of benzene rings is 1. The van der Waals surface area contributed by atoms with Crippen LogP contribution in [-0.4, -0.2) is 5.91 Å². The van der Waals surface area contributed by atoms with E-state index < -0.39 is 17.0 Å². The molecule has 0 bridgehead atoms. The third kappa shape index (κ3) is 2.35. The monoisotopic (exact) mass is 218 g/mol. The number of thiol groups is 1. The molecule has 1 unspecified atom stereocenters. The van der Waals surface area contributed by atoms with Gasteiger partial charge in [0.05, 0.1) is 5.02 Å². The van der Waals surface area contributed by atoms with E-state index in [1.54, 1.807) is 0 Å². The topological polar surface area (TPSA) is 40.9 Å². The van der Waals surface area contributed by atoms with Crippen LogP contribution in [0.25, 0.3) is 0 Å². The van der Waals surface area contributed by atoms with Crippen LogP contribution >= 0.6 is 24.2 Å². The highest BCUT2D eigenvalue weighted by Crippen LogP contribution is 2.24. The Hall–Kier alpha value is -0.740. The molecule has 2 nitrogen and oxygen atoms in total. The Labute approximate surface area is 85.3 Å². The van der Waals surface area contributed by atoms with Gasteiger partial charge in [0.25, 0.3) is 5.91 Å². The highest BCUT2D eigenvalue weighted by Gasteiger charge is 2.14. The average molecular weight is 219 g/mol. The summed E-state index contributed by atoms with van der Waals surface area (Å²) in [5.41, 5.74) is 7.22. The Morgan fingerprint density at radius 1 is 1.62 bits per heavy atom. The number of rotatable bonds is 2. The molecule has 1 amide bonds. The van der Waals surface area contributed by atoms with Crippen LogP contribution in [0.15, 0.2) is 18.2 Å². The first-order valence-electron chi connectivity index (χ1n) is 3.41. The lowest BCUT2D eigenvalue weighted by Crippen LogP contribution is -2.07. The zero-order valence-corrected chi connectivity index (χ0v) is 8.07. The molecular weight excluding hydrogens is 213 g/mol. The van der Waals surface area contributed by atoms with Gasteiger partial charge in [-0.05, 0) is 17.7 Å². The Morgan fingerprint density at radius 2 is 2.23 bits per heavy atom. The molecule has 1 atom stereocenters. The first-order valence-corrected chi connectivity index (χ1v) is 4.30. The minimum absolute atomic E-state index is 0.0715. The minimum Gasteiger partial charge on any atom is -0.272 e. The average Bonchev–Trinajstić information content (AvgIpc) is 2.08. The van der Waals surface area contributed by atoms with Crippen LogP contribution in [0, 0.1) is 5.82 Å². The highest BCUT2D eigenvalue weighted by molar-refractivity contribution is 7.81. The fourth-order valence-electron chi connectivity index (χ4n) is 0.834. The third-order valence-electron chi connectivity index (χ3n) is 1.51. The Morgan fingerprint density at radius 3 is 2.69 bits per heavy atom. The van der Waals surface area contributed by atoms with Gasteiger partial charge in [-0.3, -0.25) is 10.5 Å². The fraction of sp³-hybridized carbons (Fsp3) is 0.125. The van der Waals surface area contributed by atoms with Gasteiger partial charge in [0.1, 0.15) is 11.1 Å². The van der Waals surface area contributed by atoms with Crippen LogP contribution in [0.3, 0.4) is 0 Å². The van der Waals surface area contributed by atoms with E-state index in [1.165, 1.54) is 12.1 Å². The number of hydrogen-bond acceptors (Lipinski definition) is 2. The van der Waals surface area contributed by atoms with Gasteiger partial charge in [0.2, 0.25) is 0 Å². The molecular formula is C8H6ClFNOS. The zero-order chi connectivity index (χ0) is 10.0. The van der Waals surface area contributed by atoms with Gasteiger partial charge in [-0.1, -0.05) is 17.7 Å². The third-order valence-corrected chi connectivity index (χ3v) is 2.33. The number of carbonyl (C=O) groups is 1. The van der Waals surface area contributed by atoms with Crippen molar-refractivity contribution >= 4 is 30.1 Å². The fourth-order valence-corrected chi connectivity index (χ4v) is 1.18. The molecule has 0 aliphatic carbocycles. The van der Waals surface area contributed by atoms with Gasteiger partial charge in [-0.15, -0.1) is 0 Å². The molecule has 0 aromatic heterocycles. The molecule has 0 saturated heterocycles. The first kappa shape index (κ1) is 10.3. The van der Waals surface area contributed by atoms with E-state index in [-0.39, 0.29) is 5.02 Å². The number of halogens is 2. The second kappa shape index (κ2) is 3.98. The Kier molecular flexibility index (Phi) is 3.17. The molecule has 0 fully saturated rings. The van der Waals surface area contributed by atoms with Crippen molar-refractivity contribution in [3.63, 3.8) is 0 Å². The second-order valence-electron chi connectivity index (χ2n) is 2.44. The van der Waals surface area contributed by atoms with E-state index in [9.17, 15) is 9.18 Å². The molecule has 1 radical (unpaired) electrons. The van der Waals surface area contributed by atoms with Crippen LogP contribution in [-0.2, 0) is 4.79 Å². The van der Waals surface area contributed by atoms with Crippen molar-refractivity contribution in [3.8, 4) is 0 Å². The predicted octanol–water partition coefficient (Wildman–Crippen LogP) is 2.26. The van der Waals surface area contributed by atoms with E-state index in [0.717, 1.165) is 6.07 Å². The lowest BCUT2D eigenvalue weighted by Gasteiger charge is -2.06. The zero-order valence-electron chi connectivity index (χ0n) is 6.42. The summed E-state index contributed by atoms with van der Waals surface area (Å²) in [5.74, 6) is -1.39. The number of carbonyl (C=O) groups excluding carboxylic acids is 1. The molecule has 0 saturated carbocycles. The summed E-state index contributed by atoms with van der Waals surface area (Å²) in [6, 6.07) is 3.82. The predicted molar refractivity (Wildman–Crippen MR) is 51.2 cm³/mol. The molecule has 1 aromatic rings. The van der Waals surface area contributed by atoms with Gasteiger partial charge < -0.3 is 0 Å². The molecule has 0 aliphatic rings. The number of nitrogens with one attached hydrogen (secondary N) is 1. The lowest BCUT2D eigenvalue weighted by molar-refractivity contribution is -0.118. The summed E-state index contributed by atoms with van der Waals surface area (Å²) < 4.78 is 12.7. The van der Waals surface area contributed by atoms with Crippen molar-refractivity contribution in [2.24, 2.45) is 0 Å². The van der Waals surface area contributed by atoms with Crippen LogP contribution in [0.4, 0.5) is 4.39 Å². The van der Waals surface area contributed by atoms with Crippen LogP contribution in [0.5, 0.6) is 0 Å². The molecule has 69 valence electrons. The smallest absolute Gasteiger partial charge is 0.255 e. The lowest BCUT2D eigenvalue weighted by atomic mass is 10.1. The van der Waals surface area contributed by atoms with Crippen LogP contribution in [0.1, 0.15) is 10.8 Å². The number of hydrogen-bond donors (Lipinski definition) is 1. The van der Waals surface area contributed by atoms with Crippen molar-refractivity contribution in [1.82, 2.24) is 5.73 Å². The van der Waals surface area contributed by atoms with Crippen LogP contribution < -0.4 is 5.73 Å². The number of amides is 1. The maximum atomic E-state index is 12.7. The quantitative estimate of drug-likeness (QED) is 0.760. The van der Waals surface area contributed by atoms with E-state index in [4.69, 9.17) is 17.3 Å². The molecule has 5 heteroatoms. The normalized spacial score (nSPS) is 12.5. The standard InChI is InChI=1S/C8H6ClFNOS/c9-5-3-4(1-2-6(5)10)7(13)8(11)12/h1-3,7,11,13H. The molecule has 1 aromatic carbocycles. The molecule has 1 N–H and O–H groups in total. The summed E-state index contributed by atoms with van der Waals surface area (Å²) in [7, 11) is 0. The molecule has 13 heavy (non-hydrogen) atoms. The largest absolute Gasteiger partial charge is 0.272 e. The highest BCUT2D eigenvalue weighted by atomic mass is 35.5. The van der Waals surface area contributed by atoms with Gasteiger partial charge in [-0.2, -0.15) is 12.6 Å². The minimum atomic E-state index is -0.863. The molecule has 0 heterocycles. The summed E-state index contributed by atoms with van der Waals surface area (Å²) in [4.78, 5) is 10.6. The first-order chi connectivity index (χ1) is 6.02. The van der Waals surface area contributed by atoms with Crippen molar-refractivity contribution in [2.75, 3.05) is 0 Å². The summed E-state index contributed by atoms with van der Waals surface area (Å²) in [6.45, 7) is 0. The molecule has 0 aliphatic heterocycles. The van der Waals surface area contributed by atoms with Crippen molar-refractivity contribution in [1.29, 1.82) is 0 Å². The van der Waals surface area contributed by atoms with Crippen LogP contribution in [0.2, 0.25) is 5.02 Å². The van der Waals surface area contributed by atoms with E-state index in [1.807, 2.05) is 0 Å². The van der Waals surface area contributed by atoms with Gasteiger partial charge in [0, 0.05) is 0 Å². The van der Waals surface area contributed by atoms with E-state index in [0.29, 0.717) is 5.56 Å². The maximum absolute atomic E-state index is 12.7. The molecule has 0 spiro atoms. The van der Waals surface area contributed by atoms with E-state index in [2.05, 4.69) is 12.6 Å². The van der Waals surface area contributed by atoms with Crippen molar-refractivity contribution in [3.05, 3.63) is 34.6 Å². The van der Waals surface area contributed by atoms with Gasteiger partial charge in [-0.25, -0.2) is 4.39 Å². The second-order valence-corrected chi connectivity index (χ2v) is 3.36. The van der Waals surface area contributed by atoms with Gasteiger partial charge in [0.15, 0.2) is 0 Å². The van der Waals surface area contributed by atoms with Crippen molar-refractivity contribution in [2.45, 2.75) is 5.25 Å². The van der Waals surface area contributed by atoms with Gasteiger partial charge >= 0.3 is 0 Å². The summed E-state index contributed by atoms with van der Waals surface area (Å²) >= 11 is 9.36.